The zero-order chi connectivity index (χ0) is 8.10. The maximum Gasteiger partial charge on any atom is 0.0842 e. The lowest BCUT2D eigenvalue weighted by atomic mass is 10.4. The van der Waals surface area contributed by atoms with Crippen LogP contribution in [0.1, 0.15) is 0 Å². The van der Waals surface area contributed by atoms with Gasteiger partial charge in [-0.2, -0.15) is 5.10 Å². The summed E-state index contributed by atoms with van der Waals surface area (Å²) in [5.74, 6) is 4.96. The van der Waals surface area contributed by atoms with Crippen LogP contribution >= 0.6 is 27.7 Å². The molecule has 0 saturated carbocycles. The van der Waals surface area contributed by atoms with Crippen molar-refractivity contribution in [1.82, 2.24) is 0 Å². The Balaban J connectivity index is 2.77. The van der Waals surface area contributed by atoms with E-state index in [1.165, 1.54) is 11.8 Å². The van der Waals surface area contributed by atoms with Crippen LogP contribution in [0.25, 0.3) is 0 Å². The maximum absolute atomic E-state index is 4.96. The Bertz CT molecular complexity index is 262. The molecule has 11 heavy (non-hydrogen) atoms. The molecule has 4 heteroatoms. The van der Waals surface area contributed by atoms with Gasteiger partial charge in [0, 0.05) is 9.37 Å². The van der Waals surface area contributed by atoms with Gasteiger partial charge in [-0.15, -0.1) is 0 Å². The summed E-state index contributed by atoms with van der Waals surface area (Å²) in [6.45, 7) is 0. The van der Waals surface area contributed by atoms with Gasteiger partial charge in [0.15, 0.2) is 0 Å². The highest BCUT2D eigenvalue weighted by molar-refractivity contribution is 9.10. The molecule has 2 N–H and O–H groups in total. The fourth-order valence-corrected chi connectivity index (χ4v) is 1.70. The fourth-order valence-electron chi connectivity index (χ4n) is 0.628. The Morgan fingerprint density at radius 1 is 1.45 bits per heavy atom. The van der Waals surface area contributed by atoms with E-state index in [1.807, 2.05) is 24.3 Å². The van der Waals surface area contributed by atoms with Gasteiger partial charge in [0.1, 0.15) is 0 Å². The highest BCUT2D eigenvalue weighted by atomic mass is 79.9. The first kappa shape index (κ1) is 8.62. The average Bonchev–Trinajstić information content (AvgIpc) is 2.03. The van der Waals surface area contributed by atoms with Crippen molar-refractivity contribution in [3.63, 3.8) is 0 Å². The van der Waals surface area contributed by atoms with E-state index in [1.54, 1.807) is 5.55 Å². The van der Waals surface area contributed by atoms with E-state index in [9.17, 15) is 0 Å². The highest BCUT2D eigenvalue weighted by Gasteiger charge is 1.94. The van der Waals surface area contributed by atoms with Crippen molar-refractivity contribution < 1.29 is 0 Å². The molecule has 0 radical (unpaired) electrons. The SMILES string of the molecule is N/N=C/Sc1ccccc1Br. The van der Waals surface area contributed by atoms with E-state index in [2.05, 4.69) is 21.0 Å². The van der Waals surface area contributed by atoms with Crippen molar-refractivity contribution >= 4 is 33.2 Å². The van der Waals surface area contributed by atoms with E-state index < -0.39 is 0 Å². The largest absolute Gasteiger partial charge is 0.323 e. The van der Waals surface area contributed by atoms with Crippen LogP contribution in [0.4, 0.5) is 0 Å². The number of nitrogens with two attached hydrogens (primary N) is 1. The number of nitrogens with zero attached hydrogens (tertiary/aromatic N) is 1. The number of rotatable bonds is 2. The van der Waals surface area contributed by atoms with Gasteiger partial charge in [-0.05, 0) is 28.1 Å². The molecule has 1 rings (SSSR count). The molecular weight excluding hydrogens is 224 g/mol. The zero-order valence-electron chi connectivity index (χ0n) is 5.70. The van der Waals surface area contributed by atoms with Crippen LogP contribution in [0.15, 0.2) is 38.7 Å². The summed E-state index contributed by atoms with van der Waals surface area (Å²) in [5.41, 5.74) is 1.60. The topological polar surface area (TPSA) is 38.4 Å². The quantitative estimate of drug-likeness (QED) is 0.279. The molecule has 0 saturated heterocycles. The monoisotopic (exact) mass is 230 g/mol. The second-order valence-electron chi connectivity index (χ2n) is 1.80. The standard InChI is InChI=1S/C7H7BrN2S/c8-6-3-1-2-4-7(6)11-5-10-9/h1-5H,9H2/b10-5+. The first-order valence-corrected chi connectivity index (χ1v) is 4.65. The molecule has 0 atom stereocenters. The molecule has 0 unspecified atom stereocenters. The van der Waals surface area contributed by atoms with E-state index >= 15 is 0 Å². The molecule has 0 spiro atoms. The zero-order valence-corrected chi connectivity index (χ0v) is 8.10. The summed E-state index contributed by atoms with van der Waals surface area (Å²) < 4.78 is 1.06. The summed E-state index contributed by atoms with van der Waals surface area (Å²) in [5, 5.41) is 3.39. The predicted octanol–water partition coefficient (Wildman–Crippen LogP) is 2.44. The molecule has 0 aliphatic heterocycles. The minimum atomic E-state index is 1.06. The molecule has 58 valence electrons. The second-order valence-corrected chi connectivity index (χ2v) is 3.54. The first-order chi connectivity index (χ1) is 5.34. The summed E-state index contributed by atoms with van der Waals surface area (Å²) in [6, 6.07) is 7.91. The van der Waals surface area contributed by atoms with Gasteiger partial charge in [0.2, 0.25) is 0 Å². The number of hydrazone groups is 1. The Kier molecular flexibility index (Phi) is 3.45. The van der Waals surface area contributed by atoms with Crippen molar-refractivity contribution in [2.24, 2.45) is 10.9 Å². The lowest BCUT2D eigenvalue weighted by molar-refractivity contribution is 1.27. The summed E-state index contributed by atoms with van der Waals surface area (Å²) in [4.78, 5) is 1.11. The Labute approximate surface area is 78.0 Å². The molecule has 0 amide bonds. The number of thioether (sulfide) groups is 1. The number of halogens is 1. The number of benzene rings is 1. The van der Waals surface area contributed by atoms with E-state index in [4.69, 9.17) is 5.84 Å². The summed E-state index contributed by atoms with van der Waals surface area (Å²) in [6.07, 6.45) is 0. The summed E-state index contributed by atoms with van der Waals surface area (Å²) in [7, 11) is 0. The van der Waals surface area contributed by atoms with Gasteiger partial charge in [0.05, 0.1) is 5.55 Å². The Hall–Kier alpha value is -0.480. The second kappa shape index (κ2) is 4.41. The molecule has 0 aliphatic carbocycles. The molecule has 1 aromatic rings. The normalized spacial score (nSPS) is 10.6. The van der Waals surface area contributed by atoms with Crippen LogP contribution < -0.4 is 5.84 Å². The van der Waals surface area contributed by atoms with E-state index in [0.29, 0.717) is 0 Å². The van der Waals surface area contributed by atoms with Gasteiger partial charge in [-0.3, -0.25) is 0 Å². The maximum atomic E-state index is 4.96. The molecule has 0 bridgehead atoms. The molecule has 0 heterocycles. The van der Waals surface area contributed by atoms with Crippen LogP contribution in [-0.4, -0.2) is 5.55 Å². The van der Waals surface area contributed by atoms with Gasteiger partial charge in [-0.25, -0.2) is 0 Å². The third-order valence-corrected chi connectivity index (χ3v) is 2.87. The first-order valence-electron chi connectivity index (χ1n) is 2.97. The van der Waals surface area contributed by atoms with Crippen molar-refractivity contribution in [2.45, 2.75) is 4.90 Å². The van der Waals surface area contributed by atoms with Gasteiger partial charge in [-0.1, -0.05) is 23.9 Å². The lowest BCUT2D eigenvalue weighted by Gasteiger charge is -1.96. The van der Waals surface area contributed by atoms with Crippen molar-refractivity contribution in [2.75, 3.05) is 0 Å². The number of hydrogen-bond donors (Lipinski definition) is 1. The van der Waals surface area contributed by atoms with Gasteiger partial charge < -0.3 is 5.84 Å². The van der Waals surface area contributed by atoms with Gasteiger partial charge in [0.25, 0.3) is 0 Å². The molecule has 0 aliphatic rings. The third kappa shape index (κ3) is 2.55. The molecule has 1 aromatic carbocycles. The summed E-state index contributed by atoms with van der Waals surface area (Å²) >= 11 is 4.89. The smallest absolute Gasteiger partial charge is 0.0842 e. The van der Waals surface area contributed by atoms with Crippen LogP contribution in [0.2, 0.25) is 0 Å². The highest BCUT2D eigenvalue weighted by Crippen LogP contribution is 2.24. The van der Waals surface area contributed by atoms with Crippen LogP contribution in [-0.2, 0) is 0 Å². The molecule has 0 fully saturated rings. The molecular formula is C7H7BrN2S. The van der Waals surface area contributed by atoms with Crippen molar-refractivity contribution in [3.05, 3.63) is 28.7 Å². The van der Waals surface area contributed by atoms with Crippen LogP contribution in [0.5, 0.6) is 0 Å². The van der Waals surface area contributed by atoms with Gasteiger partial charge >= 0.3 is 0 Å². The van der Waals surface area contributed by atoms with E-state index in [-0.39, 0.29) is 0 Å². The fraction of sp³-hybridized carbons (Fsp3) is 0. The van der Waals surface area contributed by atoms with Crippen LogP contribution in [0, 0.1) is 0 Å². The Morgan fingerprint density at radius 2 is 2.18 bits per heavy atom. The van der Waals surface area contributed by atoms with Crippen molar-refractivity contribution in [1.29, 1.82) is 0 Å². The van der Waals surface area contributed by atoms with Crippen LogP contribution in [0.3, 0.4) is 0 Å². The average molecular weight is 231 g/mol. The predicted molar refractivity (Wildman–Crippen MR) is 52.7 cm³/mol. The van der Waals surface area contributed by atoms with E-state index in [0.717, 1.165) is 9.37 Å². The minimum absolute atomic E-state index is 1.06. The minimum Gasteiger partial charge on any atom is -0.323 e. The number of hydrogen-bond acceptors (Lipinski definition) is 3. The molecule has 0 aromatic heterocycles. The third-order valence-electron chi connectivity index (χ3n) is 1.08. The lowest BCUT2D eigenvalue weighted by Crippen LogP contribution is -1.79. The molecule has 2 nitrogen and oxygen atoms in total. The Morgan fingerprint density at radius 3 is 2.82 bits per heavy atom. The van der Waals surface area contributed by atoms with Crippen molar-refractivity contribution in [3.8, 4) is 0 Å².